The van der Waals surface area contributed by atoms with Gasteiger partial charge in [-0.1, -0.05) is 37.5 Å². The van der Waals surface area contributed by atoms with E-state index in [-0.39, 0.29) is 37.9 Å². The highest BCUT2D eigenvalue weighted by molar-refractivity contribution is 7.48. The Kier molecular flexibility index (Phi) is 11.0. The van der Waals surface area contributed by atoms with E-state index < -0.39 is 32.9 Å². The molecule has 0 amide bonds. The first-order chi connectivity index (χ1) is 13.5. The average molecular weight is 418 g/mol. The molecule has 0 spiro atoms. The first-order valence-electron chi connectivity index (χ1n) is 8.41. The molecule has 9 nitrogen and oxygen atoms in total. The summed E-state index contributed by atoms with van der Waals surface area (Å²) in [6.45, 7) is 13.3. The van der Waals surface area contributed by atoms with E-state index in [0.29, 0.717) is 0 Å². The maximum atomic E-state index is 12.8. The average Bonchev–Trinajstić information content (AvgIpc) is 3.01. The van der Waals surface area contributed by atoms with Gasteiger partial charge in [-0.2, -0.15) is 0 Å². The van der Waals surface area contributed by atoms with E-state index >= 15 is 0 Å². The number of phosphoric ester groups is 1. The normalized spacial score (nSPS) is 20.5. The molecular weight excluding hydrogens is 391 g/mol. The Hall–Kier alpha value is -1.71. The van der Waals surface area contributed by atoms with Gasteiger partial charge in [0.1, 0.15) is 19.3 Å². The van der Waals surface area contributed by atoms with E-state index in [1.54, 1.807) is 0 Å². The van der Waals surface area contributed by atoms with Crippen molar-refractivity contribution in [3.05, 3.63) is 62.1 Å². The van der Waals surface area contributed by atoms with Gasteiger partial charge >= 0.3 is 7.82 Å². The van der Waals surface area contributed by atoms with Crippen LogP contribution in [-0.2, 0) is 32.3 Å². The van der Waals surface area contributed by atoms with Crippen LogP contribution in [0.15, 0.2) is 62.1 Å². The van der Waals surface area contributed by atoms with E-state index in [2.05, 4.69) is 26.3 Å². The first kappa shape index (κ1) is 24.3. The molecule has 1 rings (SSSR count). The molecule has 1 aliphatic rings. The highest BCUT2D eigenvalue weighted by Gasteiger charge is 2.45. The second-order valence-electron chi connectivity index (χ2n) is 5.28. The van der Waals surface area contributed by atoms with Crippen molar-refractivity contribution < 1.29 is 42.6 Å². The molecule has 2 N–H and O–H groups in total. The number of phosphoric acid groups is 1. The van der Waals surface area contributed by atoms with Crippen molar-refractivity contribution in [2.45, 2.75) is 18.5 Å². The Morgan fingerprint density at radius 1 is 0.964 bits per heavy atom. The molecule has 0 aliphatic carbocycles. The lowest BCUT2D eigenvalue weighted by molar-refractivity contribution is -0.137. The summed E-state index contributed by atoms with van der Waals surface area (Å²) in [5.74, 6) is 0.0509. The zero-order valence-electron chi connectivity index (χ0n) is 15.6. The van der Waals surface area contributed by atoms with Crippen LogP contribution in [0.25, 0.3) is 0 Å². The second-order valence-corrected chi connectivity index (χ2v) is 6.90. The van der Waals surface area contributed by atoms with Crippen LogP contribution in [-0.4, -0.2) is 61.7 Å². The van der Waals surface area contributed by atoms with Crippen LogP contribution < -0.4 is 0 Å². The standard InChI is InChI=1S/C18H27O9P/c1-5-9-22-16-15(26-18(20)17(16)23-10-6-2)14(13-19)27-28(21,24-11-7-3)25-12-8-4/h5-8,14-15,18-20H,1-4,9-13H2. The first-order valence-corrected chi connectivity index (χ1v) is 9.87. The van der Waals surface area contributed by atoms with Crippen molar-refractivity contribution in [2.75, 3.05) is 33.0 Å². The molecule has 3 atom stereocenters. The van der Waals surface area contributed by atoms with E-state index in [9.17, 15) is 14.8 Å². The molecule has 1 aliphatic heterocycles. The molecule has 0 radical (unpaired) electrons. The number of hydrogen-bond acceptors (Lipinski definition) is 9. The van der Waals surface area contributed by atoms with Gasteiger partial charge in [0.15, 0.2) is 17.6 Å². The van der Waals surface area contributed by atoms with Crippen LogP contribution in [0.4, 0.5) is 0 Å². The predicted molar refractivity (Wildman–Crippen MR) is 102 cm³/mol. The van der Waals surface area contributed by atoms with Gasteiger partial charge in [0, 0.05) is 0 Å². The van der Waals surface area contributed by atoms with Gasteiger partial charge < -0.3 is 24.4 Å². The monoisotopic (exact) mass is 418 g/mol. The molecule has 0 aromatic carbocycles. The zero-order valence-corrected chi connectivity index (χ0v) is 16.5. The van der Waals surface area contributed by atoms with E-state index in [1.807, 2.05) is 0 Å². The Bertz CT molecular complexity index is 600. The van der Waals surface area contributed by atoms with Gasteiger partial charge in [0.2, 0.25) is 6.29 Å². The number of hydrogen-bond donors (Lipinski definition) is 2. The minimum Gasteiger partial charge on any atom is -0.487 e. The molecule has 1 heterocycles. The van der Waals surface area contributed by atoms with E-state index in [1.165, 1.54) is 24.3 Å². The number of aliphatic hydroxyl groups excluding tert-OH is 2. The highest BCUT2D eigenvalue weighted by atomic mass is 31.2. The van der Waals surface area contributed by atoms with Gasteiger partial charge in [-0.05, 0) is 0 Å². The van der Waals surface area contributed by atoms with E-state index in [0.717, 1.165) is 0 Å². The third-order valence-corrected chi connectivity index (χ3v) is 4.66. The Labute approximate surface area is 164 Å². The largest absolute Gasteiger partial charge is 0.487 e. The molecule has 0 aromatic heterocycles. The fraction of sp³-hybridized carbons (Fsp3) is 0.444. The van der Waals surface area contributed by atoms with Crippen LogP contribution >= 0.6 is 7.82 Å². The molecule has 28 heavy (non-hydrogen) atoms. The molecule has 10 heteroatoms. The zero-order chi connectivity index (χ0) is 21.0. The fourth-order valence-corrected chi connectivity index (χ4v) is 3.39. The Balaban J connectivity index is 3.10. The van der Waals surface area contributed by atoms with E-state index in [4.69, 9.17) is 27.8 Å². The molecular formula is C18H27O9P. The summed E-state index contributed by atoms with van der Waals surface area (Å²) >= 11 is 0. The number of ether oxygens (including phenoxy) is 3. The summed E-state index contributed by atoms with van der Waals surface area (Å²) < 4.78 is 44.7. The second kappa shape index (κ2) is 12.7. The summed E-state index contributed by atoms with van der Waals surface area (Å²) in [5, 5.41) is 19.9. The smallest absolute Gasteiger partial charge is 0.475 e. The van der Waals surface area contributed by atoms with Crippen LogP contribution in [0.5, 0.6) is 0 Å². The third-order valence-electron chi connectivity index (χ3n) is 3.20. The van der Waals surface area contributed by atoms with Crippen molar-refractivity contribution in [1.29, 1.82) is 0 Å². The van der Waals surface area contributed by atoms with Crippen molar-refractivity contribution in [2.24, 2.45) is 0 Å². The maximum absolute atomic E-state index is 12.8. The van der Waals surface area contributed by atoms with Crippen LogP contribution in [0.3, 0.4) is 0 Å². The number of rotatable bonds is 16. The van der Waals surface area contributed by atoms with Crippen LogP contribution in [0, 0.1) is 0 Å². The molecule has 0 saturated heterocycles. The minimum absolute atomic E-state index is 0.0114. The third kappa shape index (κ3) is 7.03. The predicted octanol–water partition coefficient (Wildman–Crippen LogP) is 2.21. The molecule has 0 fully saturated rings. The molecule has 0 saturated carbocycles. The van der Waals surface area contributed by atoms with Crippen molar-refractivity contribution >= 4 is 7.82 Å². The van der Waals surface area contributed by atoms with Gasteiger partial charge in [-0.3, -0.25) is 13.6 Å². The maximum Gasteiger partial charge on any atom is 0.475 e. The van der Waals surface area contributed by atoms with Gasteiger partial charge in [-0.15, -0.1) is 13.2 Å². The molecule has 0 bridgehead atoms. The van der Waals surface area contributed by atoms with Crippen molar-refractivity contribution in [3.63, 3.8) is 0 Å². The summed E-state index contributed by atoms with van der Waals surface area (Å²) in [7, 11) is -4.11. The van der Waals surface area contributed by atoms with Crippen molar-refractivity contribution in [1.82, 2.24) is 0 Å². The fourth-order valence-electron chi connectivity index (χ4n) is 2.11. The van der Waals surface area contributed by atoms with Crippen LogP contribution in [0.2, 0.25) is 0 Å². The Morgan fingerprint density at radius 2 is 1.46 bits per heavy atom. The molecule has 3 unspecified atom stereocenters. The van der Waals surface area contributed by atoms with Crippen LogP contribution in [0.1, 0.15) is 0 Å². The highest BCUT2D eigenvalue weighted by Crippen LogP contribution is 2.51. The SMILES string of the molecule is C=CCOC1=C(OCC=C)C(C(CO)OP(=O)(OCC=C)OCC=C)OC1O. The lowest BCUT2D eigenvalue weighted by Crippen LogP contribution is -2.35. The molecule has 158 valence electrons. The Morgan fingerprint density at radius 3 is 1.93 bits per heavy atom. The summed E-state index contributed by atoms with van der Waals surface area (Å²) in [4.78, 5) is 0. The van der Waals surface area contributed by atoms with Crippen molar-refractivity contribution in [3.8, 4) is 0 Å². The van der Waals surface area contributed by atoms with Gasteiger partial charge in [0.25, 0.3) is 0 Å². The summed E-state index contributed by atoms with van der Waals surface area (Å²) in [5.41, 5.74) is 0. The number of aliphatic hydroxyl groups is 2. The quantitative estimate of drug-likeness (QED) is 0.288. The lowest BCUT2D eigenvalue weighted by Gasteiger charge is -2.26. The lowest BCUT2D eigenvalue weighted by atomic mass is 10.2. The minimum atomic E-state index is -4.11. The summed E-state index contributed by atoms with van der Waals surface area (Å²) in [6, 6.07) is 0. The van der Waals surface area contributed by atoms with Gasteiger partial charge in [-0.25, -0.2) is 4.57 Å². The van der Waals surface area contributed by atoms with Gasteiger partial charge in [0.05, 0.1) is 19.8 Å². The topological polar surface area (TPSA) is 113 Å². The molecule has 0 aromatic rings. The summed E-state index contributed by atoms with van der Waals surface area (Å²) in [6.07, 6.45) is 1.77.